The molecule has 2 aromatic heterocycles. The molecule has 3 aromatic rings. The van der Waals surface area contributed by atoms with Gasteiger partial charge in [-0.05, 0) is 24.3 Å². The van der Waals surface area contributed by atoms with Crippen molar-refractivity contribution in [1.82, 2.24) is 15.5 Å². The molecule has 2 heterocycles. The minimum atomic E-state index is -0.290. The maximum Gasteiger partial charge on any atom is 0.272 e. The fourth-order valence-electron chi connectivity index (χ4n) is 2.26. The van der Waals surface area contributed by atoms with Crippen LogP contribution in [0.25, 0.3) is 11.5 Å². The topological polar surface area (TPSA) is 89.4 Å². The summed E-state index contributed by atoms with van der Waals surface area (Å²) in [5, 5.41) is 9.60. The van der Waals surface area contributed by atoms with Crippen molar-refractivity contribution in [1.29, 1.82) is 0 Å². The van der Waals surface area contributed by atoms with Gasteiger partial charge in [0.1, 0.15) is 17.2 Å². The van der Waals surface area contributed by atoms with Crippen molar-refractivity contribution in [3.05, 3.63) is 53.9 Å². The Bertz CT molecular complexity index is 824. The third kappa shape index (κ3) is 3.24. The van der Waals surface area contributed by atoms with E-state index in [1.165, 1.54) is 0 Å². The van der Waals surface area contributed by atoms with Crippen LogP contribution in [0.2, 0.25) is 0 Å². The Hall–Kier alpha value is -3.22. The van der Waals surface area contributed by atoms with Crippen molar-refractivity contribution in [2.24, 2.45) is 0 Å². The normalized spacial score (nSPS) is 10.4. The zero-order chi connectivity index (χ0) is 16.9. The Morgan fingerprint density at radius 2 is 2.12 bits per heavy atom. The quantitative estimate of drug-likeness (QED) is 0.726. The van der Waals surface area contributed by atoms with E-state index in [-0.39, 0.29) is 11.6 Å². The lowest BCUT2D eigenvalue weighted by molar-refractivity contribution is 0.0945. The number of nitrogens with one attached hydrogen (secondary N) is 2. The molecule has 0 bridgehead atoms. The Labute approximate surface area is 138 Å². The average molecular weight is 327 g/mol. The number of amides is 1. The number of H-pyrrole nitrogens is 1. The van der Waals surface area contributed by atoms with E-state index in [1.54, 1.807) is 44.7 Å². The van der Waals surface area contributed by atoms with E-state index in [4.69, 9.17) is 13.9 Å². The molecule has 1 aromatic carbocycles. The molecule has 7 nitrogen and oxygen atoms in total. The molecule has 0 aliphatic rings. The van der Waals surface area contributed by atoms with Crippen LogP contribution in [-0.2, 0) is 6.54 Å². The fraction of sp³-hybridized carbons (Fsp3) is 0.176. The molecule has 0 aliphatic heterocycles. The molecular weight excluding hydrogens is 310 g/mol. The largest absolute Gasteiger partial charge is 0.497 e. The highest BCUT2D eigenvalue weighted by atomic mass is 16.5. The standard InChI is InChI=1S/C17H17N3O4/c1-22-12-6-5-11(16(8-12)23-2)10-18-17(21)14-9-13(19-20-14)15-4-3-7-24-15/h3-9H,10H2,1-2H3,(H,18,21)(H,19,20). The summed E-state index contributed by atoms with van der Waals surface area (Å²) in [5.41, 5.74) is 1.77. The van der Waals surface area contributed by atoms with Gasteiger partial charge in [-0.2, -0.15) is 5.10 Å². The molecule has 124 valence electrons. The van der Waals surface area contributed by atoms with Gasteiger partial charge in [0.2, 0.25) is 0 Å². The lowest BCUT2D eigenvalue weighted by atomic mass is 10.2. The van der Waals surface area contributed by atoms with Gasteiger partial charge in [-0.15, -0.1) is 0 Å². The molecule has 0 saturated carbocycles. The lowest BCUT2D eigenvalue weighted by Crippen LogP contribution is -2.23. The SMILES string of the molecule is COc1ccc(CNC(=O)c2cc(-c3ccco3)[nH]n2)c(OC)c1. The van der Waals surface area contributed by atoms with Crippen molar-refractivity contribution >= 4 is 5.91 Å². The molecular formula is C17H17N3O4. The van der Waals surface area contributed by atoms with Crippen LogP contribution in [0.5, 0.6) is 11.5 Å². The Morgan fingerprint density at radius 3 is 2.83 bits per heavy atom. The third-order valence-corrected chi connectivity index (χ3v) is 3.53. The van der Waals surface area contributed by atoms with Crippen molar-refractivity contribution < 1.29 is 18.7 Å². The highest BCUT2D eigenvalue weighted by Crippen LogP contribution is 2.24. The molecule has 3 rings (SSSR count). The second kappa shape index (κ2) is 6.91. The molecule has 2 N–H and O–H groups in total. The number of benzene rings is 1. The monoisotopic (exact) mass is 327 g/mol. The molecule has 24 heavy (non-hydrogen) atoms. The summed E-state index contributed by atoms with van der Waals surface area (Å²) in [4.78, 5) is 12.2. The summed E-state index contributed by atoms with van der Waals surface area (Å²) >= 11 is 0. The second-order valence-electron chi connectivity index (χ2n) is 5.00. The minimum Gasteiger partial charge on any atom is -0.497 e. The maximum absolute atomic E-state index is 12.2. The van der Waals surface area contributed by atoms with Gasteiger partial charge in [-0.1, -0.05) is 0 Å². The molecule has 0 atom stereocenters. The number of methoxy groups -OCH3 is 2. The molecule has 0 fully saturated rings. The van der Waals surface area contributed by atoms with Crippen LogP contribution >= 0.6 is 0 Å². The molecule has 7 heteroatoms. The van der Waals surface area contributed by atoms with Crippen LogP contribution in [0.1, 0.15) is 16.1 Å². The Kier molecular flexibility index (Phi) is 4.51. The molecule has 1 amide bonds. The van der Waals surface area contributed by atoms with Crippen molar-refractivity contribution in [3.63, 3.8) is 0 Å². The second-order valence-corrected chi connectivity index (χ2v) is 5.00. The number of aromatic amines is 1. The Balaban J connectivity index is 1.68. The minimum absolute atomic E-state index is 0.286. The van der Waals surface area contributed by atoms with Gasteiger partial charge in [0, 0.05) is 24.2 Å². The number of hydrogen-bond acceptors (Lipinski definition) is 5. The van der Waals surface area contributed by atoms with E-state index in [0.29, 0.717) is 29.5 Å². The van der Waals surface area contributed by atoms with Crippen LogP contribution in [0, 0.1) is 0 Å². The number of hydrogen-bond donors (Lipinski definition) is 2. The molecule has 0 radical (unpaired) electrons. The molecule has 0 spiro atoms. The predicted octanol–water partition coefficient (Wildman–Crippen LogP) is 2.62. The van der Waals surface area contributed by atoms with E-state index in [0.717, 1.165) is 5.56 Å². The summed E-state index contributed by atoms with van der Waals surface area (Å²) in [5.74, 6) is 1.67. The zero-order valence-corrected chi connectivity index (χ0v) is 13.3. The van der Waals surface area contributed by atoms with Crippen molar-refractivity contribution in [2.75, 3.05) is 14.2 Å². The highest BCUT2D eigenvalue weighted by molar-refractivity contribution is 5.93. The molecule has 0 saturated heterocycles. The highest BCUT2D eigenvalue weighted by Gasteiger charge is 2.13. The van der Waals surface area contributed by atoms with Gasteiger partial charge >= 0.3 is 0 Å². The van der Waals surface area contributed by atoms with E-state index in [9.17, 15) is 4.79 Å². The first kappa shape index (κ1) is 15.7. The summed E-state index contributed by atoms with van der Waals surface area (Å²) in [6.45, 7) is 0.314. The smallest absolute Gasteiger partial charge is 0.272 e. The van der Waals surface area contributed by atoms with Gasteiger partial charge in [-0.25, -0.2) is 0 Å². The Morgan fingerprint density at radius 1 is 1.25 bits per heavy atom. The number of ether oxygens (including phenoxy) is 2. The zero-order valence-electron chi connectivity index (χ0n) is 13.3. The average Bonchev–Trinajstić information content (AvgIpc) is 3.30. The van der Waals surface area contributed by atoms with Crippen LogP contribution < -0.4 is 14.8 Å². The van der Waals surface area contributed by atoms with Gasteiger partial charge < -0.3 is 19.2 Å². The number of furan rings is 1. The van der Waals surface area contributed by atoms with Crippen molar-refractivity contribution in [2.45, 2.75) is 6.54 Å². The van der Waals surface area contributed by atoms with Crippen LogP contribution in [0.4, 0.5) is 0 Å². The number of carbonyl (C=O) groups excluding carboxylic acids is 1. The van der Waals surface area contributed by atoms with E-state index in [1.807, 2.05) is 12.1 Å². The van der Waals surface area contributed by atoms with Gasteiger partial charge in [0.05, 0.1) is 20.5 Å². The number of aromatic nitrogens is 2. The molecule has 0 aliphatic carbocycles. The first-order chi connectivity index (χ1) is 11.7. The van der Waals surface area contributed by atoms with Gasteiger partial charge in [0.15, 0.2) is 11.5 Å². The third-order valence-electron chi connectivity index (χ3n) is 3.53. The summed E-state index contributed by atoms with van der Waals surface area (Å²) in [6, 6.07) is 10.6. The van der Waals surface area contributed by atoms with Crippen LogP contribution in [0.3, 0.4) is 0 Å². The summed E-state index contributed by atoms with van der Waals surface area (Å²) in [6.07, 6.45) is 1.56. The maximum atomic E-state index is 12.2. The summed E-state index contributed by atoms with van der Waals surface area (Å²) in [7, 11) is 3.16. The number of nitrogens with zero attached hydrogens (tertiary/aromatic N) is 1. The predicted molar refractivity (Wildman–Crippen MR) is 87.0 cm³/mol. The van der Waals surface area contributed by atoms with Crippen LogP contribution in [0.15, 0.2) is 47.1 Å². The lowest BCUT2D eigenvalue weighted by Gasteiger charge is -2.10. The van der Waals surface area contributed by atoms with E-state index >= 15 is 0 Å². The first-order valence-electron chi connectivity index (χ1n) is 7.29. The summed E-state index contributed by atoms with van der Waals surface area (Å²) < 4.78 is 15.7. The van der Waals surface area contributed by atoms with Gasteiger partial charge in [0.25, 0.3) is 5.91 Å². The van der Waals surface area contributed by atoms with E-state index < -0.39 is 0 Å². The first-order valence-corrected chi connectivity index (χ1v) is 7.29. The number of rotatable bonds is 6. The fourth-order valence-corrected chi connectivity index (χ4v) is 2.26. The molecule has 0 unspecified atom stereocenters. The number of carbonyl (C=O) groups is 1. The van der Waals surface area contributed by atoms with Crippen molar-refractivity contribution in [3.8, 4) is 23.0 Å². The van der Waals surface area contributed by atoms with Gasteiger partial charge in [-0.3, -0.25) is 9.89 Å². The van der Waals surface area contributed by atoms with Crippen LogP contribution in [-0.4, -0.2) is 30.3 Å². The van der Waals surface area contributed by atoms with E-state index in [2.05, 4.69) is 15.5 Å².